The van der Waals surface area contributed by atoms with Crippen LogP contribution in [0.25, 0.3) is 0 Å². The highest BCUT2D eigenvalue weighted by atomic mass is 32.1. The van der Waals surface area contributed by atoms with E-state index in [1.165, 1.54) is 26.0 Å². The number of carbonyl (C=O) groups excluding carboxylic acids is 9. The highest BCUT2D eigenvalue weighted by Gasteiger charge is 2.52. The molecule has 0 unspecified atom stereocenters. The molecule has 2 aromatic rings. The smallest absolute Gasteiger partial charge is 0.326 e. The summed E-state index contributed by atoms with van der Waals surface area (Å²) in [6.45, 7) is -1.46. The summed E-state index contributed by atoms with van der Waals surface area (Å²) in [5.41, 5.74) is 40.3. The lowest BCUT2D eigenvalue weighted by molar-refractivity contribution is -0.153. The Morgan fingerprint density at radius 1 is 0.620 bits per heavy atom. The quantitative estimate of drug-likeness (QED) is 0.0198. The van der Waals surface area contributed by atoms with Crippen LogP contribution in [0.4, 0.5) is 0 Å². The number of aliphatic carboxylic acids is 1. The molecule has 1 saturated carbocycles. The van der Waals surface area contributed by atoms with Crippen molar-refractivity contribution in [1.82, 2.24) is 46.2 Å². The fourth-order valence-electron chi connectivity index (χ4n) is 12.9. The van der Waals surface area contributed by atoms with Gasteiger partial charge in [0.15, 0.2) is 17.9 Å². The number of hydrogen-bond donors (Lipinski definition) is 15. The van der Waals surface area contributed by atoms with Crippen LogP contribution in [0, 0.1) is 5.92 Å². The molecule has 4 fully saturated rings. The van der Waals surface area contributed by atoms with E-state index in [-0.39, 0.29) is 127 Å². The lowest BCUT2D eigenvalue weighted by Gasteiger charge is -2.42. The molecule has 22 N–H and O–H groups in total. The number of β-amino-alcohol motifs (C(OH)–C–C–N with tert-alkyl or cyclic N) is 1. The lowest BCUT2D eigenvalue weighted by atomic mass is 9.84. The number of rotatable bonds is 30. The van der Waals surface area contributed by atoms with E-state index in [0.717, 1.165) is 29.7 Å². The molecule has 12 atom stereocenters. The van der Waals surface area contributed by atoms with E-state index in [4.69, 9.17) is 40.1 Å². The summed E-state index contributed by atoms with van der Waals surface area (Å²) in [5.74, 6) is -8.33. The van der Waals surface area contributed by atoms with Gasteiger partial charge in [0, 0.05) is 69.4 Å². The van der Waals surface area contributed by atoms with Crippen LogP contribution in [0.15, 0.2) is 56.8 Å². The van der Waals surface area contributed by atoms with E-state index < -0.39 is 139 Å². The summed E-state index contributed by atoms with van der Waals surface area (Å²) in [5, 5.41) is 46.8. The van der Waals surface area contributed by atoms with Crippen LogP contribution in [0.3, 0.4) is 0 Å². The number of nitrogens with one attached hydrogen (secondary N) is 5. The van der Waals surface area contributed by atoms with Gasteiger partial charge in [0.1, 0.15) is 48.3 Å². The molecule has 33 heteroatoms. The van der Waals surface area contributed by atoms with E-state index in [1.54, 1.807) is 35.7 Å². The van der Waals surface area contributed by atoms with Gasteiger partial charge in [-0.3, -0.25) is 58.1 Å². The zero-order valence-electron chi connectivity index (χ0n) is 51.4. The van der Waals surface area contributed by atoms with Crippen LogP contribution in [0.2, 0.25) is 0 Å². The number of carbonyl (C=O) groups is 10. The number of aliphatic hydroxyl groups is 2. The van der Waals surface area contributed by atoms with E-state index >= 15 is 4.79 Å². The van der Waals surface area contributed by atoms with Gasteiger partial charge in [0.05, 0.1) is 25.3 Å². The summed E-state index contributed by atoms with van der Waals surface area (Å²) in [6, 6.07) is -1.07. The van der Waals surface area contributed by atoms with Crippen LogP contribution < -0.4 is 66.7 Å². The van der Waals surface area contributed by atoms with E-state index in [1.807, 2.05) is 6.07 Å². The second kappa shape index (κ2) is 33.6. The van der Waals surface area contributed by atoms with Crippen LogP contribution in [-0.2, 0) is 67.3 Å². The number of amides is 9. The number of aliphatic imine (C=N–C) groups is 3. The molecule has 0 spiro atoms. The van der Waals surface area contributed by atoms with Gasteiger partial charge in [-0.15, -0.1) is 11.3 Å². The maximum absolute atomic E-state index is 15.3. The number of likely N-dealkylation sites (tertiary alicyclic amines) is 3. The Morgan fingerprint density at radius 3 is 1.89 bits per heavy atom. The minimum atomic E-state index is -1.66. The monoisotopic (exact) mass is 1300 g/mol. The Labute approximate surface area is 536 Å². The van der Waals surface area contributed by atoms with Crippen LogP contribution >= 0.6 is 11.3 Å². The largest absolute Gasteiger partial charge is 0.480 e. The van der Waals surface area contributed by atoms with E-state index in [2.05, 4.69) is 41.6 Å². The van der Waals surface area contributed by atoms with Gasteiger partial charge in [-0.1, -0.05) is 43.2 Å². The van der Waals surface area contributed by atoms with Crippen molar-refractivity contribution in [3.63, 3.8) is 0 Å². The van der Waals surface area contributed by atoms with Gasteiger partial charge in [-0.2, -0.15) is 0 Å². The third-order valence-electron chi connectivity index (χ3n) is 17.4. The molecule has 0 radical (unpaired) electrons. The zero-order valence-corrected chi connectivity index (χ0v) is 52.3. The number of benzene rings is 1. The molecular weight excluding hydrogens is 1210 g/mol. The second-order valence-corrected chi connectivity index (χ2v) is 25.0. The van der Waals surface area contributed by atoms with Crippen molar-refractivity contribution in [2.75, 3.05) is 45.9 Å². The molecule has 9 amide bonds. The Bertz CT molecular complexity index is 3050. The van der Waals surface area contributed by atoms with Crippen LogP contribution in [0.1, 0.15) is 106 Å². The first-order chi connectivity index (χ1) is 43.9. The minimum absolute atomic E-state index is 0.00000960. The summed E-state index contributed by atoms with van der Waals surface area (Å²) < 4.78 is 0. The summed E-state index contributed by atoms with van der Waals surface area (Å²) >= 11 is 1.27. The van der Waals surface area contributed by atoms with E-state index in [0.29, 0.717) is 29.7 Å². The molecule has 4 aliphatic heterocycles. The zero-order chi connectivity index (χ0) is 66.8. The molecule has 1 aliphatic carbocycles. The molecule has 1 aromatic carbocycles. The van der Waals surface area contributed by atoms with Gasteiger partial charge < -0.3 is 102 Å². The fraction of sp³-hybridized carbons (Fsp3) is 0.610. The predicted molar refractivity (Wildman–Crippen MR) is 338 cm³/mol. The molecule has 92 heavy (non-hydrogen) atoms. The number of thiophene rings is 1. The first kappa shape index (κ1) is 70.8. The maximum Gasteiger partial charge on any atom is 0.326 e. The number of hydrogen-bond acceptors (Lipinski definition) is 17. The van der Waals surface area contributed by atoms with Crippen LogP contribution in [0.5, 0.6) is 0 Å². The molecule has 7 rings (SSSR count). The Morgan fingerprint density at radius 2 is 1.25 bits per heavy atom. The van der Waals surface area contributed by atoms with E-state index in [9.17, 15) is 58.5 Å². The molecule has 5 heterocycles. The molecular formula is C59H89N19O13S. The van der Waals surface area contributed by atoms with Crippen molar-refractivity contribution >= 4 is 88.3 Å². The number of guanidine groups is 3. The highest BCUT2D eigenvalue weighted by molar-refractivity contribution is 7.09. The number of aliphatic hydroxyl groups excluding tert-OH is 2. The summed E-state index contributed by atoms with van der Waals surface area (Å²) in [4.78, 5) is 159. The first-order valence-corrected chi connectivity index (χ1v) is 32.1. The van der Waals surface area contributed by atoms with Crippen molar-refractivity contribution in [2.45, 2.75) is 176 Å². The van der Waals surface area contributed by atoms with Gasteiger partial charge >= 0.3 is 5.97 Å². The van der Waals surface area contributed by atoms with Crippen molar-refractivity contribution in [1.29, 1.82) is 0 Å². The number of carboxylic acid groups (broad SMARTS) is 1. The molecule has 3 saturated heterocycles. The number of carboxylic acids is 1. The second-order valence-electron chi connectivity index (χ2n) is 23.9. The fourth-order valence-corrected chi connectivity index (χ4v) is 13.6. The molecule has 32 nitrogen and oxygen atoms in total. The maximum atomic E-state index is 15.3. The molecule has 0 bridgehead atoms. The highest BCUT2D eigenvalue weighted by Crippen LogP contribution is 2.41. The average Bonchev–Trinajstić information content (AvgIpc) is 1.48. The lowest BCUT2D eigenvalue weighted by Crippen LogP contribution is -2.63. The summed E-state index contributed by atoms with van der Waals surface area (Å²) in [7, 11) is 0. The normalized spacial score (nSPS) is 22.4. The van der Waals surface area contributed by atoms with Crippen molar-refractivity contribution in [2.24, 2.45) is 61.0 Å². The van der Waals surface area contributed by atoms with Gasteiger partial charge in [0.25, 0.3) is 0 Å². The number of nitrogens with two attached hydrogens (primary N) is 7. The molecule has 504 valence electrons. The average molecular weight is 1300 g/mol. The van der Waals surface area contributed by atoms with Gasteiger partial charge in [-0.05, 0) is 99.1 Å². The minimum Gasteiger partial charge on any atom is -0.480 e. The SMILES string of the molecule is NC(N)=NCCC[C@@H](N)C(=O)N[C@@H](CCCN=C(N)N)C(=O)N1CCC[C@@H]1C(=O)N1C[C@H](O)C[C@@H]1C(=O)NCC(=O)N[C@@H](Cc1cccs1)C(=O)N[C@@H](CO)C(=O)N1Cc2ccccc2C[C@H]1C(=O)N1[C@H](C(=O)N[C@@H](CCCN=C(N)N)C(=O)O)C[C@@H]2CCCC[C@@H]21. The number of fused-ring (bicyclic) bond motifs is 2. The van der Waals surface area contributed by atoms with Crippen molar-refractivity contribution < 1.29 is 63.3 Å². The summed E-state index contributed by atoms with van der Waals surface area (Å²) in [6.07, 6.45) is 3.42. The Balaban J connectivity index is 1.02. The predicted octanol–water partition coefficient (Wildman–Crippen LogP) is -5.02. The topological polar surface area (TPSA) is 524 Å². The van der Waals surface area contributed by atoms with Gasteiger partial charge in [-0.25, -0.2) is 4.79 Å². The third-order valence-corrected chi connectivity index (χ3v) is 18.3. The third kappa shape index (κ3) is 19.0. The molecule has 5 aliphatic rings. The van der Waals surface area contributed by atoms with Crippen molar-refractivity contribution in [3.8, 4) is 0 Å². The van der Waals surface area contributed by atoms with Gasteiger partial charge in [0.2, 0.25) is 53.2 Å². The first-order valence-electron chi connectivity index (χ1n) is 31.2. The van der Waals surface area contributed by atoms with Crippen LogP contribution in [-0.4, -0.2) is 224 Å². The number of nitrogens with zero attached hydrogens (tertiary/aromatic N) is 7. The van der Waals surface area contributed by atoms with Crippen molar-refractivity contribution in [3.05, 3.63) is 57.8 Å². The standard InChI is InChI=1S/C59H89N19O13S/c60-37(14-5-19-67-57(61)62)48(82)72-38(15-6-20-68-58(63)64)52(86)75-22-8-18-43(75)54(88)77-30-35(80)26-44(77)50(84)70-28-47(81)71-40(27-36-13-9-23-92-36)49(83)74-41(31-79)53(87)76-29-34-12-2-1-10-32(34)24-46(76)55(89)78-42-17-4-3-11-33(42)25-45(78)51(85)73-39(56(90)91)16-7-21-69-59(65)66/h1-2,9-10,12-13,23,33,35,37-46,79-80H,3-8,11,14-22,24-31,60H2,(H,70,84)(H,71,81)(H,72,82)(H,73,85)(H,74,83)(H,90,91)(H4,61,62,67)(H4,63,64,68)(H4,65,66,69)/t33-,35+,37+,38-,39-,40-,41-,42-,43+,44+,45-,46-/m0/s1. The Kier molecular flexibility index (Phi) is 25.8. The molecule has 1 aromatic heterocycles. The Hall–Kier alpha value is -8.69.